The number of methoxy groups -OCH3 is 1. The zero-order valence-electron chi connectivity index (χ0n) is 14.1. The zero-order valence-corrected chi connectivity index (χ0v) is 14.9. The van der Waals surface area contributed by atoms with Gasteiger partial charge in [0.1, 0.15) is 12.4 Å². The van der Waals surface area contributed by atoms with Crippen LogP contribution in [0, 0.1) is 0 Å². The van der Waals surface area contributed by atoms with E-state index < -0.39 is 10.0 Å². The molecule has 0 saturated carbocycles. The molecular formula is C15H24N4O4S. The fraction of sp³-hybridized carbons (Fsp3) is 0.600. The first-order chi connectivity index (χ1) is 11.4. The van der Waals surface area contributed by atoms with Crippen LogP contribution >= 0.6 is 0 Å². The van der Waals surface area contributed by atoms with Gasteiger partial charge in [-0.3, -0.25) is 9.52 Å². The molecule has 1 fully saturated rings. The van der Waals surface area contributed by atoms with E-state index in [1.54, 1.807) is 17.0 Å². The van der Waals surface area contributed by atoms with Gasteiger partial charge in [0.2, 0.25) is 15.9 Å². The Balaban J connectivity index is 1.92. The maximum absolute atomic E-state index is 11.8. The minimum absolute atomic E-state index is 0.00853. The third-order valence-electron chi connectivity index (χ3n) is 3.72. The van der Waals surface area contributed by atoms with Crippen molar-refractivity contribution in [2.75, 3.05) is 55.3 Å². The van der Waals surface area contributed by atoms with E-state index in [-0.39, 0.29) is 18.3 Å². The molecule has 1 aliphatic rings. The molecule has 0 atom stereocenters. The number of hydrogen-bond donors (Lipinski definition) is 1. The minimum atomic E-state index is -3.30. The summed E-state index contributed by atoms with van der Waals surface area (Å²) in [7, 11) is -1.80. The Labute approximate surface area is 142 Å². The van der Waals surface area contributed by atoms with Gasteiger partial charge in [0.15, 0.2) is 0 Å². The van der Waals surface area contributed by atoms with Gasteiger partial charge < -0.3 is 14.5 Å². The molecule has 1 aliphatic heterocycles. The molecule has 1 amide bonds. The summed E-state index contributed by atoms with van der Waals surface area (Å²) in [6.45, 7) is 4.53. The van der Waals surface area contributed by atoms with Crippen LogP contribution in [0.2, 0.25) is 0 Å². The molecule has 1 saturated heterocycles. The lowest BCUT2D eigenvalue weighted by molar-refractivity contribution is -0.135. The molecule has 1 aromatic rings. The first-order valence-corrected chi connectivity index (χ1v) is 9.58. The minimum Gasteiger partial charge on any atom is -0.375 e. The van der Waals surface area contributed by atoms with Crippen molar-refractivity contribution in [2.24, 2.45) is 0 Å². The summed E-state index contributed by atoms with van der Waals surface area (Å²) in [5.41, 5.74) is 0.459. The number of nitrogens with one attached hydrogen (secondary N) is 1. The fourth-order valence-corrected chi connectivity index (χ4v) is 3.65. The standard InChI is InChI=1S/C15H24N4O4S/c1-3-10-24(21,22)17-13-4-5-14(16-11-13)18-6-8-19(9-7-18)15(20)12-23-2/h4-5,11,17H,3,6-10,12H2,1-2H3. The first-order valence-electron chi connectivity index (χ1n) is 7.93. The summed E-state index contributed by atoms with van der Waals surface area (Å²) in [4.78, 5) is 19.9. The second kappa shape index (κ2) is 8.29. The summed E-state index contributed by atoms with van der Waals surface area (Å²) >= 11 is 0. The second-order valence-corrected chi connectivity index (χ2v) is 7.47. The summed E-state index contributed by atoms with van der Waals surface area (Å²) in [5, 5.41) is 0. The Morgan fingerprint density at radius 2 is 2.00 bits per heavy atom. The van der Waals surface area contributed by atoms with Crippen LogP contribution in [-0.2, 0) is 19.6 Å². The highest BCUT2D eigenvalue weighted by Gasteiger charge is 2.21. The largest absolute Gasteiger partial charge is 0.375 e. The number of pyridine rings is 1. The van der Waals surface area contributed by atoms with E-state index in [9.17, 15) is 13.2 Å². The first kappa shape index (κ1) is 18.5. The van der Waals surface area contributed by atoms with E-state index in [0.29, 0.717) is 38.3 Å². The van der Waals surface area contributed by atoms with Crippen molar-refractivity contribution in [2.45, 2.75) is 13.3 Å². The van der Waals surface area contributed by atoms with Gasteiger partial charge in [0.25, 0.3) is 0 Å². The molecule has 0 spiro atoms. The molecule has 0 bridgehead atoms. The number of ether oxygens (including phenoxy) is 1. The maximum atomic E-state index is 11.8. The normalized spacial score (nSPS) is 15.4. The van der Waals surface area contributed by atoms with Gasteiger partial charge in [0.05, 0.1) is 17.6 Å². The third kappa shape index (κ3) is 5.07. The van der Waals surface area contributed by atoms with Crippen LogP contribution in [0.4, 0.5) is 11.5 Å². The lowest BCUT2D eigenvalue weighted by Gasteiger charge is -2.35. The van der Waals surface area contributed by atoms with Crippen LogP contribution in [-0.4, -0.2) is 69.9 Å². The smallest absolute Gasteiger partial charge is 0.248 e. The molecule has 0 unspecified atom stereocenters. The van der Waals surface area contributed by atoms with Crippen molar-refractivity contribution in [1.29, 1.82) is 0 Å². The molecule has 0 aliphatic carbocycles. The van der Waals surface area contributed by atoms with Crippen molar-refractivity contribution >= 4 is 27.4 Å². The highest BCUT2D eigenvalue weighted by atomic mass is 32.2. The number of nitrogens with zero attached hydrogens (tertiary/aromatic N) is 3. The van der Waals surface area contributed by atoms with E-state index in [0.717, 1.165) is 5.82 Å². The second-order valence-electron chi connectivity index (χ2n) is 5.63. The summed E-state index contributed by atoms with van der Waals surface area (Å²) in [5.74, 6) is 0.852. The Morgan fingerprint density at radius 1 is 1.29 bits per heavy atom. The van der Waals surface area contributed by atoms with E-state index >= 15 is 0 Å². The number of carbonyl (C=O) groups excluding carboxylic acids is 1. The fourth-order valence-electron chi connectivity index (χ4n) is 2.53. The topological polar surface area (TPSA) is 91.8 Å². The Hall–Kier alpha value is -1.87. The van der Waals surface area contributed by atoms with Gasteiger partial charge in [-0.05, 0) is 18.6 Å². The number of rotatable bonds is 7. The van der Waals surface area contributed by atoms with E-state index in [1.807, 2.05) is 6.92 Å². The molecule has 1 N–H and O–H groups in total. The molecule has 134 valence electrons. The van der Waals surface area contributed by atoms with Gasteiger partial charge in [-0.2, -0.15) is 0 Å². The Bertz CT molecular complexity index is 640. The van der Waals surface area contributed by atoms with Crippen molar-refractivity contribution in [3.63, 3.8) is 0 Å². The third-order valence-corrected chi connectivity index (χ3v) is 5.21. The lowest BCUT2D eigenvalue weighted by atomic mass is 10.3. The zero-order chi connectivity index (χ0) is 17.6. The number of amides is 1. The van der Waals surface area contributed by atoms with Crippen LogP contribution in [0.5, 0.6) is 0 Å². The highest BCUT2D eigenvalue weighted by molar-refractivity contribution is 7.92. The van der Waals surface area contributed by atoms with E-state index in [2.05, 4.69) is 14.6 Å². The number of anilines is 2. The molecule has 24 heavy (non-hydrogen) atoms. The molecule has 9 heteroatoms. The SMILES string of the molecule is CCCS(=O)(=O)Nc1ccc(N2CCN(C(=O)COC)CC2)nc1. The number of aromatic nitrogens is 1. The summed E-state index contributed by atoms with van der Waals surface area (Å²) < 4.78 is 30.9. The van der Waals surface area contributed by atoms with Crippen LogP contribution in [0.25, 0.3) is 0 Å². The highest BCUT2D eigenvalue weighted by Crippen LogP contribution is 2.17. The van der Waals surface area contributed by atoms with Gasteiger partial charge in [-0.1, -0.05) is 6.92 Å². The predicted octanol–water partition coefficient (Wildman–Crippen LogP) is 0.528. The summed E-state index contributed by atoms with van der Waals surface area (Å²) in [6.07, 6.45) is 2.08. The number of sulfonamides is 1. The summed E-state index contributed by atoms with van der Waals surface area (Å²) in [6, 6.07) is 3.49. The number of carbonyl (C=O) groups is 1. The van der Waals surface area contributed by atoms with Crippen molar-refractivity contribution in [3.8, 4) is 0 Å². The molecule has 0 radical (unpaired) electrons. The van der Waals surface area contributed by atoms with E-state index in [4.69, 9.17) is 4.74 Å². The quantitative estimate of drug-likeness (QED) is 0.766. The average Bonchev–Trinajstić information content (AvgIpc) is 2.55. The molecule has 0 aromatic carbocycles. The molecule has 8 nitrogen and oxygen atoms in total. The van der Waals surface area contributed by atoms with Gasteiger partial charge in [-0.25, -0.2) is 13.4 Å². The van der Waals surface area contributed by atoms with Gasteiger partial charge >= 0.3 is 0 Å². The van der Waals surface area contributed by atoms with Gasteiger partial charge in [0, 0.05) is 33.3 Å². The Kier molecular flexibility index (Phi) is 6.38. The average molecular weight is 356 g/mol. The molecule has 2 heterocycles. The van der Waals surface area contributed by atoms with Crippen LogP contribution in [0.15, 0.2) is 18.3 Å². The van der Waals surface area contributed by atoms with Crippen molar-refractivity contribution in [1.82, 2.24) is 9.88 Å². The lowest BCUT2D eigenvalue weighted by Crippen LogP contribution is -2.49. The monoisotopic (exact) mass is 356 g/mol. The predicted molar refractivity (Wildman–Crippen MR) is 92.6 cm³/mol. The van der Waals surface area contributed by atoms with Crippen molar-refractivity contribution < 1.29 is 17.9 Å². The maximum Gasteiger partial charge on any atom is 0.248 e. The van der Waals surface area contributed by atoms with E-state index in [1.165, 1.54) is 13.3 Å². The number of piperazine rings is 1. The molecular weight excluding hydrogens is 332 g/mol. The number of hydrogen-bond acceptors (Lipinski definition) is 6. The Morgan fingerprint density at radius 3 is 2.54 bits per heavy atom. The molecule has 2 rings (SSSR count). The molecule has 1 aromatic heterocycles. The van der Waals surface area contributed by atoms with Crippen molar-refractivity contribution in [3.05, 3.63) is 18.3 Å². The van der Waals surface area contributed by atoms with Crippen LogP contribution in [0.1, 0.15) is 13.3 Å². The van der Waals surface area contributed by atoms with Crippen LogP contribution in [0.3, 0.4) is 0 Å². The van der Waals surface area contributed by atoms with Crippen LogP contribution < -0.4 is 9.62 Å². The van der Waals surface area contributed by atoms with Gasteiger partial charge in [-0.15, -0.1) is 0 Å².